The number of morpholine rings is 1. The van der Waals surface area contributed by atoms with Gasteiger partial charge in [0.1, 0.15) is 5.82 Å². The van der Waals surface area contributed by atoms with Gasteiger partial charge in [-0.3, -0.25) is 0 Å². The molecule has 0 radical (unpaired) electrons. The third-order valence-corrected chi connectivity index (χ3v) is 4.70. The Morgan fingerprint density at radius 1 is 1.20 bits per heavy atom. The van der Waals surface area contributed by atoms with Crippen molar-refractivity contribution in [1.29, 1.82) is 0 Å². The maximum atomic E-state index is 5.47. The van der Waals surface area contributed by atoms with Gasteiger partial charge in [0, 0.05) is 43.0 Å². The lowest BCUT2D eigenvalue weighted by molar-refractivity contribution is 0.122. The van der Waals surface area contributed by atoms with E-state index >= 15 is 0 Å². The molecule has 25 heavy (non-hydrogen) atoms. The molecule has 3 heterocycles. The van der Waals surface area contributed by atoms with Gasteiger partial charge in [0.05, 0.1) is 25.7 Å². The molecule has 0 saturated carbocycles. The van der Waals surface area contributed by atoms with E-state index in [2.05, 4.69) is 41.2 Å². The molecule has 0 aliphatic carbocycles. The SMILES string of the molecule is CC(C)CC[C@H](NCc1cccnc1N1CCOCC1)c1ccoc1. The molecule has 136 valence electrons. The summed E-state index contributed by atoms with van der Waals surface area (Å²) in [6.45, 7) is 8.69. The fourth-order valence-corrected chi connectivity index (χ4v) is 3.22. The first-order valence-corrected chi connectivity index (χ1v) is 9.26. The molecule has 3 rings (SSSR count). The second kappa shape index (κ2) is 9.02. The highest BCUT2D eigenvalue weighted by atomic mass is 16.5. The number of pyridine rings is 1. The highest BCUT2D eigenvalue weighted by Crippen LogP contribution is 2.24. The predicted octanol–water partition coefficient (Wildman–Crippen LogP) is 3.78. The lowest BCUT2D eigenvalue weighted by Gasteiger charge is -2.30. The van der Waals surface area contributed by atoms with Crippen LogP contribution in [0.15, 0.2) is 41.3 Å². The molecule has 5 nitrogen and oxygen atoms in total. The number of anilines is 1. The molecule has 0 bridgehead atoms. The molecule has 2 aromatic heterocycles. The van der Waals surface area contributed by atoms with Crippen molar-refractivity contribution in [3.63, 3.8) is 0 Å². The minimum absolute atomic E-state index is 0.305. The van der Waals surface area contributed by atoms with Gasteiger partial charge in [-0.2, -0.15) is 0 Å². The van der Waals surface area contributed by atoms with Crippen molar-refractivity contribution < 1.29 is 9.15 Å². The molecule has 0 unspecified atom stereocenters. The summed E-state index contributed by atoms with van der Waals surface area (Å²) in [6, 6.07) is 6.55. The third-order valence-electron chi connectivity index (χ3n) is 4.70. The van der Waals surface area contributed by atoms with Crippen LogP contribution < -0.4 is 10.2 Å². The van der Waals surface area contributed by atoms with E-state index in [0.717, 1.165) is 45.1 Å². The van der Waals surface area contributed by atoms with Gasteiger partial charge in [0.25, 0.3) is 0 Å². The third kappa shape index (κ3) is 5.06. The van der Waals surface area contributed by atoms with Gasteiger partial charge in [-0.05, 0) is 30.9 Å². The van der Waals surface area contributed by atoms with E-state index in [-0.39, 0.29) is 0 Å². The molecule has 1 aliphatic rings. The zero-order valence-corrected chi connectivity index (χ0v) is 15.3. The van der Waals surface area contributed by atoms with Crippen LogP contribution in [0.4, 0.5) is 5.82 Å². The topological polar surface area (TPSA) is 50.5 Å². The Hall–Kier alpha value is -1.85. The van der Waals surface area contributed by atoms with E-state index < -0.39 is 0 Å². The van der Waals surface area contributed by atoms with Crippen LogP contribution in [0.2, 0.25) is 0 Å². The summed E-state index contributed by atoms with van der Waals surface area (Å²) in [7, 11) is 0. The summed E-state index contributed by atoms with van der Waals surface area (Å²) < 4.78 is 10.8. The molecule has 1 saturated heterocycles. The number of aromatic nitrogens is 1. The fourth-order valence-electron chi connectivity index (χ4n) is 3.22. The quantitative estimate of drug-likeness (QED) is 0.790. The standard InChI is InChI=1S/C20H29N3O2/c1-16(2)5-6-19(18-7-11-25-15-18)22-14-17-4-3-8-21-20(17)23-9-12-24-13-10-23/h3-4,7-8,11,15-16,19,22H,5-6,9-10,12-14H2,1-2H3/t19-/m0/s1. The summed E-state index contributed by atoms with van der Waals surface area (Å²) >= 11 is 0. The lowest BCUT2D eigenvalue weighted by atomic mass is 9.99. The summed E-state index contributed by atoms with van der Waals surface area (Å²) in [5.74, 6) is 1.77. The summed E-state index contributed by atoms with van der Waals surface area (Å²) in [6.07, 6.45) is 7.77. The smallest absolute Gasteiger partial charge is 0.133 e. The van der Waals surface area contributed by atoms with Crippen LogP contribution in [0.25, 0.3) is 0 Å². The molecular formula is C20H29N3O2. The minimum Gasteiger partial charge on any atom is -0.472 e. The molecule has 0 amide bonds. The zero-order chi connectivity index (χ0) is 17.5. The zero-order valence-electron chi connectivity index (χ0n) is 15.3. The van der Waals surface area contributed by atoms with E-state index in [9.17, 15) is 0 Å². The van der Waals surface area contributed by atoms with E-state index in [1.165, 1.54) is 17.5 Å². The maximum Gasteiger partial charge on any atom is 0.133 e. The first kappa shape index (κ1) is 18.0. The molecule has 0 aromatic carbocycles. The van der Waals surface area contributed by atoms with E-state index in [1.54, 1.807) is 6.26 Å². The van der Waals surface area contributed by atoms with Crippen LogP contribution in [0, 0.1) is 5.92 Å². The Kier molecular flexibility index (Phi) is 6.48. The first-order valence-electron chi connectivity index (χ1n) is 9.26. The Balaban J connectivity index is 1.68. The molecule has 2 aromatic rings. The molecular weight excluding hydrogens is 314 g/mol. The van der Waals surface area contributed by atoms with Gasteiger partial charge in [0.2, 0.25) is 0 Å². The summed E-state index contributed by atoms with van der Waals surface area (Å²) in [5, 5.41) is 3.72. The van der Waals surface area contributed by atoms with Crippen LogP contribution in [0.5, 0.6) is 0 Å². The van der Waals surface area contributed by atoms with Gasteiger partial charge in [-0.15, -0.1) is 0 Å². The molecule has 1 atom stereocenters. The molecule has 5 heteroatoms. The van der Waals surface area contributed by atoms with Crippen molar-refractivity contribution >= 4 is 5.82 Å². The van der Waals surface area contributed by atoms with Gasteiger partial charge >= 0.3 is 0 Å². The Morgan fingerprint density at radius 2 is 2.04 bits per heavy atom. The van der Waals surface area contributed by atoms with E-state index in [4.69, 9.17) is 9.15 Å². The minimum atomic E-state index is 0.305. The molecule has 1 aliphatic heterocycles. The van der Waals surface area contributed by atoms with Crippen molar-refractivity contribution in [3.05, 3.63) is 48.0 Å². The van der Waals surface area contributed by atoms with Crippen molar-refractivity contribution in [2.24, 2.45) is 5.92 Å². The van der Waals surface area contributed by atoms with Crippen LogP contribution in [0.1, 0.15) is 43.9 Å². The second-order valence-corrected chi connectivity index (χ2v) is 7.05. The van der Waals surface area contributed by atoms with Crippen LogP contribution >= 0.6 is 0 Å². The number of hydrogen-bond donors (Lipinski definition) is 1. The number of ether oxygens (including phenoxy) is 1. The fraction of sp³-hybridized carbons (Fsp3) is 0.550. The second-order valence-electron chi connectivity index (χ2n) is 7.05. The first-order chi connectivity index (χ1) is 12.2. The van der Waals surface area contributed by atoms with Crippen LogP contribution in [-0.2, 0) is 11.3 Å². The van der Waals surface area contributed by atoms with Crippen LogP contribution in [-0.4, -0.2) is 31.3 Å². The number of rotatable bonds is 8. The van der Waals surface area contributed by atoms with Crippen LogP contribution in [0.3, 0.4) is 0 Å². The Morgan fingerprint density at radius 3 is 2.76 bits per heavy atom. The molecule has 1 fully saturated rings. The predicted molar refractivity (Wildman–Crippen MR) is 99.6 cm³/mol. The molecule has 0 spiro atoms. The lowest BCUT2D eigenvalue weighted by Crippen LogP contribution is -2.37. The largest absolute Gasteiger partial charge is 0.472 e. The number of nitrogens with one attached hydrogen (secondary N) is 1. The number of furan rings is 1. The van der Waals surface area contributed by atoms with Crippen molar-refractivity contribution in [3.8, 4) is 0 Å². The number of nitrogens with zero attached hydrogens (tertiary/aromatic N) is 2. The average Bonchev–Trinajstić information content (AvgIpc) is 3.17. The van der Waals surface area contributed by atoms with Gasteiger partial charge in [-0.25, -0.2) is 4.98 Å². The van der Waals surface area contributed by atoms with Gasteiger partial charge < -0.3 is 19.4 Å². The summed E-state index contributed by atoms with van der Waals surface area (Å²) in [4.78, 5) is 6.95. The normalized spacial score (nSPS) is 16.4. The van der Waals surface area contributed by atoms with E-state index in [0.29, 0.717) is 12.0 Å². The summed E-state index contributed by atoms with van der Waals surface area (Å²) in [5.41, 5.74) is 2.46. The van der Waals surface area contributed by atoms with Crippen molar-refractivity contribution in [1.82, 2.24) is 10.3 Å². The van der Waals surface area contributed by atoms with Crippen molar-refractivity contribution in [2.75, 3.05) is 31.2 Å². The maximum absolute atomic E-state index is 5.47. The Bertz CT molecular complexity index is 622. The Labute approximate surface area is 150 Å². The highest BCUT2D eigenvalue weighted by Gasteiger charge is 2.18. The monoisotopic (exact) mass is 343 g/mol. The van der Waals surface area contributed by atoms with E-state index in [1.807, 2.05) is 18.5 Å². The molecule has 1 N–H and O–H groups in total. The van der Waals surface area contributed by atoms with Gasteiger partial charge in [0.15, 0.2) is 0 Å². The number of hydrogen-bond acceptors (Lipinski definition) is 5. The highest BCUT2D eigenvalue weighted by molar-refractivity contribution is 5.47. The van der Waals surface area contributed by atoms with Crippen molar-refractivity contribution in [2.45, 2.75) is 39.3 Å². The van der Waals surface area contributed by atoms with Gasteiger partial charge in [-0.1, -0.05) is 19.9 Å². The average molecular weight is 343 g/mol.